The van der Waals surface area contributed by atoms with Gasteiger partial charge < -0.3 is 9.68 Å². The van der Waals surface area contributed by atoms with Crippen LogP contribution in [0.25, 0.3) is 186 Å². The number of benzene rings is 20. The van der Waals surface area contributed by atoms with Crippen molar-refractivity contribution in [3.05, 3.63) is 391 Å². The van der Waals surface area contributed by atoms with Crippen LogP contribution in [-0.2, 0) is 10.8 Å². The number of halogens is 1. The van der Waals surface area contributed by atoms with E-state index in [1.165, 1.54) is 197 Å². The molecule has 519 valence electrons. The second-order valence-electron chi connectivity index (χ2n) is 30.5. The molecule has 2 aliphatic carbocycles. The van der Waals surface area contributed by atoms with Crippen LogP contribution in [0.15, 0.2) is 368 Å². The molecule has 0 atom stereocenters. The molecule has 0 heterocycles. The molecule has 20 aromatic carbocycles. The van der Waals surface area contributed by atoms with Crippen molar-refractivity contribution in [3.8, 4) is 83.6 Å². The van der Waals surface area contributed by atoms with Crippen LogP contribution in [0.5, 0.6) is 5.75 Å². The summed E-state index contributed by atoms with van der Waals surface area (Å²) in [4.78, 5) is 0. The first kappa shape index (κ1) is 66.7. The molecule has 0 aromatic heterocycles. The number of hydrogen-bond donors (Lipinski definition) is 1. The second-order valence-corrected chi connectivity index (χ2v) is 31.4. The maximum atomic E-state index is 9.12. The van der Waals surface area contributed by atoms with Gasteiger partial charge in [0.25, 0.3) is 0 Å². The van der Waals surface area contributed by atoms with E-state index in [4.69, 9.17) is 9.68 Å². The van der Waals surface area contributed by atoms with E-state index in [1.54, 1.807) is 0 Å². The molecule has 20 aromatic rings. The predicted molar refractivity (Wildman–Crippen MR) is 473 cm³/mol. The topological polar surface area (TPSA) is 29.5 Å². The van der Waals surface area contributed by atoms with E-state index >= 15 is 0 Å². The highest BCUT2D eigenvalue weighted by Crippen LogP contribution is 2.58. The van der Waals surface area contributed by atoms with Crippen molar-refractivity contribution in [1.82, 2.24) is 0 Å². The minimum atomic E-state index is -0.112. The molecule has 22 rings (SSSR count). The van der Waals surface area contributed by atoms with Crippen molar-refractivity contribution in [2.45, 2.75) is 38.5 Å². The van der Waals surface area contributed by atoms with E-state index < -0.39 is 0 Å². The second kappa shape index (κ2) is 26.6. The van der Waals surface area contributed by atoms with Gasteiger partial charge >= 0.3 is 7.69 Å². The third-order valence-electron chi connectivity index (χ3n) is 23.7. The Kier molecular flexibility index (Phi) is 16.1. The van der Waals surface area contributed by atoms with E-state index in [-0.39, 0.29) is 10.8 Å². The average Bonchev–Trinajstić information content (AvgIpc) is 1.54. The lowest BCUT2D eigenvalue weighted by Gasteiger charge is -2.24. The first-order valence-electron chi connectivity index (χ1n) is 38.0. The third kappa shape index (κ3) is 10.8. The number of rotatable bonds is 7. The Morgan fingerprint density at radius 1 is 0.236 bits per heavy atom. The predicted octanol–water partition coefficient (Wildman–Crippen LogP) is 29.2. The van der Waals surface area contributed by atoms with Crippen molar-refractivity contribution in [2.75, 3.05) is 0 Å². The van der Waals surface area contributed by atoms with Crippen molar-refractivity contribution in [2.24, 2.45) is 0 Å². The smallest absolute Gasteiger partial charge is 0.537 e. The SMILES string of the molecule is CC1(C)c2ccc(-c3cccc(-c4c5ccccc5c(-c5ccc6ccccc6c5)c5ccccc45)c3)cc2-c2c1c1ccccc1c1ccccc21.CC1(C)c2ccc(Br)cc2-c2c1c1ccccc1c1ccccc21.O[B]Oc1cccc(-c2c3ccccc3c(-c3ccc4ccccc4c3)c3ccccc23)c1. The van der Waals surface area contributed by atoms with Gasteiger partial charge in [0.05, 0.1) is 0 Å². The first-order chi connectivity index (χ1) is 54.0. The summed E-state index contributed by atoms with van der Waals surface area (Å²) >= 11 is 3.67. The summed E-state index contributed by atoms with van der Waals surface area (Å²) in [7, 11) is 0.720. The van der Waals surface area contributed by atoms with Crippen LogP contribution in [0.2, 0.25) is 0 Å². The van der Waals surface area contributed by atoms with Gasteiger partial charge in [0.15, 0.2) is 0 Å². The van der Waals surface area contributed by atoms with Crippen molar-refractivity contribution in [3.63, 3.8) is 0 Å². The normalized spacial score (nSPS) is 13.0. The average molecular weight is 1470 g/mol. The Balaban J connectivity index is 0.000000118. The van der Waals surface area contributed by atoms with Gasteiger partial charge in [-0.05, 0) is 256 Å². The molecule has 0 saturated heterocycles. The zero-order valence-corrected chi connectivity index (χ0v) is 63.0. The van der Waals surface area contributed by atoms with E-state index in [2.05, 4.69) is 389 Å². The van der Waals surface area contributed by atoms with Crippen molar-refractivity contribution < 1.29 is 9.68 Å². The minimum Gasteiger partial charge on any atom is -0.537 e. The molecule has 4 heteroatoms. The van der Waals surface area contributed by atoms with Crippen LogP contribution in [0, 0.1) is 0 Å². The molecule has 0 aliphatic heterocycles. The van der Waals surface area contributed by atoms with Gasteiger partial charge in [-0.1, -0.05) is 359 Å². The van der Waals surface area contributed by atoms with E-state index in [0.29, 0.717) is 5.75 Å². The quantitative estimate of drug-likeness (QED) is 0.0979. The van der Waals surface area contributed by atoms with Crippen LogP contribution >= 0.6 is 15.9 Å². The van der Waals surface area contributed by atoms with E-state index in [9.17, 15) is 0 Å². The molecule has 2 nitrogen and oxygen atoms in total. The summed E-state index contributed by atoms with van der Waals surface area (Å²) < 4.78 is 6.40. The summed E-state index contributed by atoms with van der Waals surface area (Å²) in [5.41, 5.74) is 23.3. The summed E-state index contributed by atoms with van der Waals surface area (Å²) in [6, 6.07) is 132. The third-order valence-corrected chi connectivity index (χ3v) is 24.2. The number of hydrogen-bond acceptors (Lipinski definition) is 2. The zero-order chi connectivity index (χ0) is 73.9. The molecule has 0 fully saturated rings. The van der Waals surface area contributed by atoms with Crippen LogP contribution in [0.3, 0.4) is 0 Å². The Morgan fingerprint density at radius 2 is 0.527 bits per heavy atom. The standard InChI is InChI=1S/C53H36.C30H20BO2.C23H17Br/c1-53(2)48-29-28-36(32-47(48)51-41-20-7-5-18-39(41)40-19-6-12-25-46(40)52(51)53)35-16-13-17-37(31-35)49-42-21-8-10-23-44(42)50(45-24-11-9-22-43(45)49)38-27-26-33-14-3-4-15-34(33)30-38;32-31-33-24-11-7-10-22(19-24)29-25-12-3-5-14-27(25)30(28-15-6-4-13-26(28)29)23-17-16-20-8-1-2-9-21(20)18-23;1-23(2)20-12-11-14(24)13-19(20)21-17-9-5-3-7-15(17)16-8-4-6-10-18(16)22(21)23/h3-32H,1-2H3;1-19,32H;3-13H,1-2H3. The fourth-order valence-electron chi connectivity index (χ4n) is 19.0. The number of fused-ring (bicyclic) bond motifs is 22. The molecular formula is C106H73BBrO2. The van der Waals surface area contributed by atoms with Gasteiger partial charge in [0.2, 0.25) is 0 Å². The van der Waals surface area contributed by atoms with E-state index in [1.807, 2.05) is 18.2 Å². The lowest BCUT2D eigenvalue weighted by atomic mass is 9.79. The Labute approximate surface area is 649 Å². The van der Waals surface area contributed by atoms with Crippen LogP contribution in [0.4, 0.5) is 0 Å². The zero-order valence-electron chi connectivity index (χ0n) is 61.5. The highest BCUT2D eigenvalue weighted by molar-refractivity contribution is 9.10. The Morgan fingerprint density at radius 3 is 0.936 bits per heavy atom. The fourth-order valence-corrected chi connectivity index (χ4v) is 19.3. The minimum absolute atomic E-state index is 0.00893. The van der Waals surface area contributed by atoms with Gasteiger partial charge in [-0.15, -0.1) is 0 Å². The molecule has 1 N–H and O–H groups in total. The molecule has 0 bridgehead atoms. The Bertz CT molecular complexity index is 7090. The first-order valence-corrected chi connectivity index (χ1v) is 38.8. The highest BCUT2D eigenvalue weighted by Gasteiger charge is 2.40. The van der Waals surface area contributed by atoms with Gasteiger partial charge in [-0.3, -0.25) is 0 Å². The summed E-state index contributed by atoms with van der Waals surface area (Å²) in [5.74, 6) is 0.599. The highest BCUT2D eigenvalue weighted by atomic mass is 79.9. The van der Waals surface area contributed by atoms with Gasteiger partial charge in [0.1, 0.15) is 5.75 Å². The van der Waals surface area contributed by atoms with Crippen LogP contribution < -0.4 is 4.65 Å². The summed E-state index contributed by atoms with van der Waals surface area (Å²) in [6.07, 6.45) is 0. The lowest BCUT2D eigenvalue weighted by Crippen LogP contribution is -2.15. The molecule has 0 unspecified atom stereocenters. The molecule has 0 saturated carbocycles. The van der Waals surface area contributed by atoms with Crippen molar-refractivity contribution >= 4 is 131 Å². The molecular weight excluding hydrogens is 1400 g/mol. The summed E-state index contributed by atoms with van der Waals surface area (Å²) in [5, 5.41) is 34.8. The molecule has 1 radical (unpaired) electrons. The van der Waals surface area contributed by atoms with Gasteiger partial charge in [-0.25, -0.2) is 0 Å². The largest absolute Gasteiger partial charge is 0.569 e. The van der Waals surface area contributed by atoms with Crippen LogP contribution in [-0.4, -0.2) is 12.7 Å². The maximum Gasteiger partial charge on any atom is 0.569 e. The molecule has 0 amide bonds. The maximum absolute atomic E-state index is 9.12. The van der Waals surface area contributed by atoms with Crippen LogP contribution in [0.1, 0.15) is 49.9 Å². The molecule has 0 spiro atoms. The van der Waals surface area contributed by atoms with Crippen molar-refractivity contribution in [1.29, 1.82) is 0 Å². The van der Waals surface area contributed by atoms with E-state index in [0.717, 1.165) is 23.3 Å². The molecule has 2 aliphatic rings. The lowest BCUT2D eigenvalue weighted by molar-refractivity contribution is 0.454. The Hall–Kier alpha value is -12.7. The summed E-state index contributed by atoms with van der Waals surface area (Å²) in [6.45, 7) is 9.51. The monoisotopic (exact) mass is 1470 g/mol. The fraction of sp³-hybridized carbons (Fsp3) is 0.0566. The van der Waals surface area contributed by atoms with Gasteiger partial charge in [0, 0.05) is 15.3 Å². The van der Waals surface area contributed by atoms with Gasteiger partial charge in [-0.2, -0.15) is 0 Å². The molecule has 110 heavy (non-hydrogen) atoms.